The minimum Gasteiger partial charge on any atom is -0.398 e. The highest BCUT2D eigenvalue weighted by atomic mass is 79.9. The Balaban J connectivity index is 1.97. The van der Waals surface area contributed by atoms with Crippen LogP contribution in [0.3, 0.4) is 0 Å². The Morgan fingerprint density at radius 3 is 3.00 bits per heavy atom. The average Bonchev–Trinajstić information content (AvgIpc) is 3.10. The van der Waals surface area contributed by atoms with Crippen LogP contribution < -0.4 is 11.4 Å². The smallest absolute Gasteiger partial charge is 0.344 e. The topological polar surface area (TPSA) is 76.7 Å². The molecule has 94 valence electrons. The van der Waals surface area contributed by atoms with E-state index in [1.54, 1.807) is 4.57 Å². The van der Waals surface area contributed by atoms with Gasteiger partial charge in [0.25, 0.3) is 0 Å². The Morgan fingerprint density at radius 2 is 2.28 bits per heavy atom. The number of anilines is 1. The van der Waals surface area contributed by atoms with Gasteiger partial charge in [0.05, 0.1) is 0 Å². The van der Waals surface area contributed by atoms with E-state index >= 15 is 0 Å². The number of nitrogens with zero attached hydrogens (tertiary/aromatic N) is 2. The van der Waals surface area contributed by atoms with Crippen LogP contribution in [0.25, 0.3) is 0 Å². The maximum Gasteiger partial charge on any atom is 0.344 e. The molecule has 2 aromatic rings. The number of rotatable bonds is 3. The minimum atomic E-state index is -0.145. The van der Waals surface area contributed by atoms with Crippen molar-refractivity contribution in [2.75, 3.05) is 5.73 Å². The molecule has 1 heterocycles. The number of aromatic nitrogens is 3. The molecule has 0 bridgehead atoms. The number of halogens is 1. The molecule has 1 aliphatic rings. The fourth-order valence-corrected chi connectivity index (χ4v) is 3.21. The van der Waals surface area contributed by atoms with Crippen molar-refractivity contribution in [1.29, 1.82) is 0 Å². The van der Waals surface area contributed by atoms with Crippen molar-refractivity contribution in [2.45, 2.75) is 28.9 Å². The van der Waals surface area contributed by atoms with E-state index < -0.39 is 0 Å². The molecule has 18 heavy (non-hydrogen) atoms. The predicted molar refractivity (Wildman–Crippen MR) is 73.8 cm³/mol. The normalized spacial score (nSPS) is 14.9. The number of nitrogens with one attached hydrogen (secondary N) is 1. The number of aromatic amines is 1. The number of H-pyrrole nitrogens is 1. The van der Waals surface area contributed by atoms with E-state index in [2.05, 4.69) is 26.1 Å². The van der Waals surface area contributed by atoms with Gasteiger partial charge in [-0.15, -0.1) is 5.10 Å². The number of benzene rings is 1. The zero-order valence-corrected chi connectivity index (χ0v) is 11.8. The maximum atomic E-state index is 11.7. The minimum absolute atomic E-state index is 0.145. The van der Waals surface area contributed by atoms with E-state index in [0.717, 1.165) is 22.2 Å². The molecule has 0 atom stereocenters. The van der Waals surface area contributed by atoms with Crippen LogP contribution in [0.1, 0.15) is 18.9 Å². The summed E-state index contributed by atoms with van der Waals surface area (Å²) in [5.74, 6) is 0. The molecule has 1 saturated carbocycles. The van der Waals surface area contributed by atoms with Crippen molar-refractivity contribution < 1.29 is 0 Å². The Bertz CT molecular complexity index is 647. The zero-order chi connectivity index (χ0) is 12.7. The van der Waals surface area contributed by atoms with Gasteiger partial charge in [0.15, 0.2) is 5.16 Å². The highest BCUT2D eigenvalue weighted by molar-refractivity contribution is 9.10. The lowest BCUT2D eigenvalue weighted by atomic mass is 10.3. The summed E-state index contributed by atoms with van der Waals surface area (Å²) in [6.07, 6.45) is 2.09. The highest BCUT2D eigenvalue weighted by Gasteiger charge is 2.28. The van der Waals surface area contributed by atoms with Gasteiger partial charge >= 0.3 is 5.69 Å². The SMILES string of the molecule is Nc1ccc(Br)cc1Sc1n[nH]c(=O)n1C1CC1. The van der Waals surface area contributed by atoms with Crippen molar-refractivity contribution in [3.05, 3.63) is 33.2 Å². The van der Waals surface area contributed by atoms with Crippen LogP contribution in [0.5, 0.6) is 0 Å². The molecule has 1 aliphatic carbocycles. The van der Waals surface area contributed by atoms with E-state index in [0.29, 0.717) is 16.9 Å². The van der Waals surface area contributed by atoms with Crippen molar-refractivity contribution in [3.8, 4) is 0 Å². The summed E-state index contributed by atoms with van der Waals surface area (Å²) in [6.45, 7) is 0. The summed E-state index contributed by atoms with van der Waals surface area (Å²) in [5, 5.41) is 7.23. The Labute approximate surface area is 116 Å². The van der Waals surface area contributed by atoms with Gasteiger partial charge < -0.3 is 5.73 Å². The molecule has 1 aromatic carbocycles. The second-order valence-corrected chi connectivity index (χ2v) is 6.12. The van der Waals surface area contributed by atoms with Crippen LogP contribution >= 0.6 is 27.7 Å². The molecular weight excluding hydrogens is 316 g/mol. The van der Waals surface area contributed by atoms with Crippen molar-refractivity contribution in [1.82, 2.24) is 14.8 Å². The molecule has 0 aliphatic heterocycles. The molecule has 7 heteroatoms. The van der Waals surface area contributed by atoms with Gasteiger partial charge in [0.2, 0.25) is 0 Å². The molecule has 3 N–H and O–H groups in total. The molecular formula is C11H11BrN4OS. The molecule has 0 radical (unpaired) electrons. The molecule has 0 amide bonds. The lowest BCUT2D eigenvalue weighted by Gasteiger charge is -2.06. The van der Waals surface area contributed by atoms with Crippen LogP contribution in [-0.4, -0.2) is 14.8 Å². The van der Waals surface area contributed by atoms with Gasteiger partial charge in [-0.1, -0.05) is 15.9 Å². The van der Waals surface area contributed by atoms with E-state index in [9.17, 15) is 4.79 Å². The second-order valence-electron chi connectivity index (χ2n) is 4.20. The third-order valence-corrected chi connectivity index (χ3v) is 4.30. The predicted octanol–water partition coefficient (Wildman–Crippen LogP) is 2.40. The quantitative estimate of drug-likeness (QED) is 0.849. The fourth-order valence-electron chi connectivity index (χ4n) is 1.71. The number of hydrogen-bond acceptors (Lipinski definition) is 4. The first-order valence-electron chi connectivity index (χ1n) is 5.55. The van der Waals surface area contributed by atoms with Crippen LogP contribution in [0.4, 0.5) is 5.69 Å². The third-order valence-electron chi connectivity index (χ3n) is 2.76. The Kier molecular flexibility index (Phi) is 2.95. The molecule has 5 nitrogen and oxygen atoms in total. The fraction of sp³-hybridized carbons (Fsp3) is 0.273. The largest absolute Gasteiger partial charge is 0.398 e. The van der Waals surface area contributed by atoms with Crippen molar-refractivity contribution in [3.63, 3.8) is 0 Å². The van der Waals surface area contributed by atoms with Crippen LogP contribution in [0.15, 0.2) is 37.5 Å². The molecule has 1 fully saturated rings. The van der Waals surface area contributed by atoms with E-state index in [1.165, 1.54) is 11.8 Å². The molecule has 0 spiro atoms. The van der Waals surface area contributed by atoms with Crippen molar-refractivity contribution >= 4 is 33.4 Å². The summed E-state index contributed by atoms with van der Waals surface area (Å²) >= 11 is 4.82. The van der Waals surface area contributed by atoms with Gasteiger partial charge in [-0.2, -0.15) is 0 Å². The first-order valence-corrected chi connectivity index (χ1v) is 7.16. The summed E-state index contributed by atoms with van der Waals surface area (Å²) in [4.78, 5) is 12.5. The molecule has 0 saturated heterocycles. The van der Waals surface area contributed by atoms with E-state index in [-0.39, 0.29) is 5.69 Å². The monoisotopic (exact) mass is 326 g/mol. The Hall–Kier alpha value is -1.21. The zero-order valence-electron chi connectivity index (χ0n) is 9.39. The summed E-state index contributed by atoms with van der Waals surface area (Å²) in [7, 11) is 0. The number of hydrogen-bond donors (Lipinski definition) is 2. The highest BCUT2D eigenvalue weighted by Crippen LogP contribution is 2.39. The van der Waals surface area contributed by atoms with Crippen LogP contribution in [-0.2, 0) is 0 Å². The molecule has 3 rings (SSSR count). The molecule has 1 aromatic heterocycles. The van der Waals surface area contributed by atoms with Gasteiger partial charge in [-0.3, -0.25) is 4.57 Å². The standard InChI is InChI=1S/C11H11BrN4OS/c12-6-1-4-8(13)9(5-6)18-11-15-14-10(17)16(11)7-2-3-7/h1,4-5,7H,2-3,13H2,(H,14,17). The van der Waals surface area contributed by atoms with Crippen molar-refractivity contribution in [2.24, 2.45) is 0 Å². The third kappa shape index (κ3) is 2.20. The van der Waals surface area contributed by atoms with Crippen LogP contribution in [0, 0.1) is 0 Å². The lowest BCUT2D eigenvalue weighted by molar-refractivity contribution is 0.642. The van der Waals surface area contributed by atoms with E-state index in [1.807, 2.05) is 18.2 Å². The average molecular weight is 327 g/mol. The first kappa shape index (κ1) is 11.9. The summed E-state index contributed by atoms with van der Waals surface area (Å²) in [6, 6.07) is 5.94. The first-order chi connectivity index (χ1) is 8.65. The maximum absolute atomic E-state index is 11.7. The lowest BCUT2D eigenvalue weighted by Crippen LogP contribution is -2.16. The Morgan fingerprint density at radius 1 is 1.50 bits per heavy atom. The van der Waals surface area contributed by atoms with Gasteiger partial charge in [0, 0.05) is 21.1 Å². The second kappa shape index (κ2) is 4.47. The van der Waals surface area contributed by atoms with Gasteiger partial charge in [-0.05, 0) is 42.8 Å². The van der Waals surface area contributed by atoms with Gasteiger partial charge in [-0.25, -0.2) is 9.89 Å². The summed E-state index contributed by atoms with van der Waals surface area (Å²) in [5.41, 5.74) is 6.46. The molecule has 0 unspecified atom stereocenters. The van der Waals surface area contributed by atoms with Crippen LogP contribution in [0.2, 0.25) is 0 Å². The van der Waals surface area contributed by atoms with E-state index in [4.69, 9.17) is 5.73 Å². The summed E-state index contributed by atoms with van der Waals surface area (Å²) < 4.78 is 2.67. The van der Waals surface area contributed by atoms with Gasteiger partial charge in [0.1, 0.15) is 0 Å². The number of nitrogens with two attached hydrogens (primary N) is 1. The number of nitrogen functional groups attached to an aromatic ring is 1.